The van der Waals surface area contributed by atoms with Crippen LogP contribution in [0.2, 0.25) is 0 Å². The molecule has 0 aromatic heterocycles. The molecule has 2 aromatic rings. The molecule has 0 aliphatic heterocycles. The number of aromatic hydroxyl groups is 1. The van der Waals surface area contributed by atoms with Gasteiger partial charge in [-0.1, -0.05) is 34.1 Å². The minimum absolute atomic E-state index is 0.112. The Balaban J connectivity index is 1.92. The standard InChI is InChI=1S/C14H12BrN3O2S/c15-9-6-7-12(19)11(8-9)13(20)17-18-14(21)16-10-4-2-1-3-5-10/h1-8,19H,(H,17,20)(H2,16,18,21). The van der Waals surface area contributed by atoms with Crippen molar-refractivity contribution in [1.29, 1.82) is 0 Å². The van der Waals surface area contributed by atoms with E-state index >= 15 is 0 Å². The second-order valence-electron chi connectivity index (χ2n) is 4.06. The monoisotopic (exact) mass is 365 g/mol. The van der Waals surface area contributed by atoms with E-state index < -0.39 is 5.91 Å². The van der Waals surface area contributed by atoms with Crippen LogP contribution in [0.25, 0.3) is 0 Å². The summed E-state index contributed by atoms with van der Waals surface area (Å²) in [5, 5.41) is 12.8. The molecule has 7 heteroatoms. The molecule has 1 amide bonds. The number of anilines is 1. The third kappa shape index (κ3) is 4.44. The Labute approximate surface area is 135 Å². The lowest BCUT2D eigenvalue weighted by Gasteiger charge is -2.12. The van der Waals surface area contributed by atoms with E-state index in [1.807, 2.05) is 30.3 Å². The fourth-order valence-electron chi connectivity index (χ4n) is 1.55. The highest BCUT2D eigenvalue weighted by Crippen LogP contribution is 2.21. The van der Waals surface area contributed by atoms with Crippen LogP contribution in [0.15, 0.2) is 53.0 Å². The quantitative estimate of drug-likeness (QED) is 0.486. The molecule has 2 aromatic carbocycles. The van der Waals surface area contributed by atoms with Crippen molar-refractivity contribution in [3.8, 4) is 5.75 Å². The molecule has 0 saturated carbocycles. The third-order valence-corrected chi connectivity index (χ3v) is 3.22. The Hall–Kier alpha value is -2.12. The van der Waals surface area contributed by atoms with E-state index in [4.69, 9.17) is 12.2 Å². The zero-order chi connectivity index (χ0) is 15.2. The molecule has 0 aliphatic carbocycles. The average Bonchev–Trinajstić information content (AvgIpc) is 2.48. The molecule has 4 N–H and O–H groups in total. The van der Waals surface area contributed by atoms with Gasteiger partial charge in [0, 0.05) is 10.2 Å². The van der Waals surface area contributed by atoms with E-state index in [1.54, 1.807) is 6.07 Å². The summed E-state index contributed by atoms with van der Waals surface area (Å²) in [6.45, 7) is 0. The summed E-state index contributed by atoms with van der Waals surface area (Å²) in [5.74, 6) is -0.606. The second-order valence-corrected chi connectivity index (χ2v) is 5.38. The molecule has 0 atom stereocenters. The summed E-state index contributed by atoms with van der Waals surface area (Å²) in [5.41, 5.74) is 5.92. The van der Waals surface area contributed by atoms with Gasteiger partial charge in [0.1, 0.15) is 5.75 Å². The Morgan fingerprint density at radius 2 is 1.81 bits per heavy atom. The van der Waals surface area contributed by atoms with Gasteiger partial charge in [0.25, 0.3) is 5.91 Å². The molecule has 108 valence electrons. The van der Waals surface area contributed by atoms with E-state index in [-0.39, 0.29) is 16.4 Å². The number of phenols is 1. The first-order chi connectivity index (χ1) is 10.1. The number of phenolic OH excluding ortho intramolecular Hbond substituents is 1. The number of para-hydroxylation sites is 1. The van der Waals surface area contributed by atoms with Crippen LogP contribution in [-0.2, 0) is 0 Å². The largest absolute Gasteiger partial charge is 0.507 e. The first kappa shape index (κ1) is 15.3. The molecule has 0 unspecified atom stereocenters. The minimum atomic E-state index is -0.494. The molecule has 2 rings (SSSR count). The molecule has 21 heavy (non-hydrogen) atoms. The van der Waals surface area contributed by atoms with Crippen molar-refractivity contribution in [2.75, 3.05) is 5.32 Å². The number of amides is 1. The van der Waals surface area contributed by atoms with Gasteiger partial charge in [-0.05, 0) is 42.5 Å². The zero-order valence-corrected chi connectivity index (χ0v) is 13.2. The Morgan fingerprint density at radius 3 is 2.52 bits per heavy atom. The van der Waals surface area contributed by atoms with Gasteiger partial charge in [-0.15, -0.1) is 0 Å². The van der Waals surface area contributed by atoms with E-state index in [0.29, 0.717) is 4.47 Å². The van der Waals surface area contributed by atoms with Gasteiger partial charge in [-0.25, -0.2) is 0 Å². The third-order valence-electron chi connectivity index (χ3n) is 2.52. The van der Waals surface area contributed by atoms with Gasteiger partial charge in [0.15, 0.2) is 5.11 Å². The van der Waals surface area contributed by atoms with Crippen LogP contribution in [0.3, 0.4) is 0 Å². The fraction of sp³-hybridized carbons (Fsp3) is 0. The number of thiocarbonyl (C=S) groups is 1. The van der Waals surface area contributed by atoms with Gasteiger partial charge in [-0.3, -0.25) is 15.6 Å². The summed E-state index contributed by atoms with van der Waals surface area (Å²) < 4.78 is 0.690. The number of hydrogen-bond acceptors (Lipinski definition) is 3. The number of benzene rings is 2. The maximum atomic E-state index is 11.9. The molecule has 0 radical (unpaired) electrons. The highest BCUT2D eigenvalue weighted by Gasteiger charge is 2.11. The Bertz CT molecular complexity index is 665. The lowest BCUT2D eigenvalue weighted by molar-refractivity contribution is 0.0941. The van der Waals surface area contributed by atoms with Crippen LogP contribution in [0.5, 0.6) is 5.75 Å². The highest BCUT2D eigenvalue weighted by atomic mass is 79.9. The zero-order valence-electron chi connectivity index (χ0n) is 10.8. The number of carbonyl (C=O) groups is 1. The van der Waals surface area contributed by atoms with E-state index in [2.05, 4.69) is 32.1 Å². The number of rotatable bonds is 2. The summed E-state index contributed by atoms with van der Waals surface area (Å²) in [4.78, 5) is 11.9. The van der Waals surface area contributed by atoms with Crippen LogP contribution in [0, 0.1) is 0 Å². The van der Waals surface area contributed by atoms with Crippen molar-refractivity contribution < 1.29 is 9.90 Å². The maximum Gasteiger partial charge on any atom is 0.273 e. The van der Waals surface area contributed by atoms with Crippen molar-refractivity contribution in [1.82, 2.24) is 10.9 Å². The van der Waals surface area contributed by atoms with Crippen molar-refractivity contribution >= 4 is 44.9 Å². The highest BCUT2D eigenvalue weighted by molar-refractivity contribution is 9.10. The molecule has 0 fully saturated rings. The molecule has 5 nitrogen and oxygen atoms in total. The number of hydrazine groups is 1. The van der Waals surface area contributed by atoms with E-state index in [1.165, 1.54) is 12.1 Å². The van der Waals surface area contributed by atoms with Crippen LogP contribution in [0.4, 0.5) is 5.69 Å². The fourth-order valence-corrected chi connectivity index (χ4v) is 2.08. The predicted octanol–water partition coefficient (Wildman–Crippen LogP) is 2.79. The van der Waals surface area contributed by atoms with Gasteiger partial charge in [0.05, 0.1) is 5.56 Å². The van der Waals surface area contributed by atoms with Crippen LogP contribution in [0.1, 0.15) is 10.4 Å². The minimum Gasteiger partial charge on any atom is -0.507 e. The molecule has 0 spiro atoms. The molecule has 0 aliphatic rings. The van der Waals surface area contributed by atoms with Crippen molar-refractivity contribution in [2.24, 2.45) is 0 Å². The number of nitrogens with one attached hydrogen (secondary N) is 3. The summed E-state index contributed by atoms with van der Waals surface area (Å²) in [6.07, 6.45) is 0. The van der Waals surface area contributed by atoms with Crippen molar-refractivity contribution in [3.05, 3.63) is 58.6 Å². The van der Waals surface area contributed by atoms with Crippen molar-refractivity contribution in [2.45, 2.75) is 0 Å². The summed E-state index contributed by atoms with van der Waals surface area (Å²) in [6, 6.07) is 13.9. The van der Waals surface area contributed by atoms with E-state index in [9.17, 15) is 9.90 Å². The van der Waals surface area contributed by atoms with Gasteiger partial charge in [0.2, 0.25) is 0 Å². The number of carbonyl (C=O) groups excluding carboxylic acids is 1. The van der Waals surface area contributed by atoms with Crippen LogP contribution in [-0.4, -0.2) is 16.1 Å². The van der Waals surface area contributed by atoms with Gasteiger partial charge >= 0.3 is 0 Å². The SMILES string of the molecule is O=C(NNC(=S)Nc1ccccc1)c1cc(Br)ccc1O. The number of hydrogen-bond donors (Lipinski definition) is 4. The van der Waals surface area contributed by atoms with Gasteiger partial charge < -0.3 is 10.4 Å². The molecular formula is C14H12BrN3O2S. The lowest BCUT2D eigenvalue weighted by atomic mass is 10.2. The Morgan fingerprint density at radius 1 is 1.10 bits per heavy atom. The summed E-state index contributed by atoms with van der Waals surface area (Å²) in [7, 11) is 0. The van der Waals surface area contributed by atoms with Crippen LogP contribution >= 0.6 is 28.1 Å². The lowest BCUT2D eigenvalue weighted by Crippen LogP contribution is -2.43. The molecule has 0 bridgehead atoms. The van der Waals surface area contributed by atoms with E-state index in [0.717, 1.165) is 5.69 Å². The predicted molar refractivity (Wildman–Crippen MR) is 89.1 cm³/mol. The molecule has 0 saturated heterocycles. The smallest absolute Gasteiger partial charge is 0.273 e. The normalized spacial score (nSPS) is 9.76. The summed E-state index contributed by atoms with van der Waals surface area (Å²) >= 11 is 8.29. The average molecular weight is 366 g/mol. The van der Waals surface area contributed by atoms with Crippen LogP contribution < -0.4 is 16.2 Å². The molecule has 0 heterocycles. The second kappa shape index (κ2) is 7.05. The first-order valence-corrected chi connectivity index (χ1v) is 7.17. The van der Waals surface area contributed by atoms with Gasteiger partial charge in [-0.2, -0.15) is 0 Å². The number of halogens is 1. The molecular weight excluding hydrogens is 354 g/mol. The maximum absolute atomic E-state index is 11.9. The van der Waals surface area contributed by atoms with Crippen molar-refractivity contribution in [3.63, 3.8) is 0 Å². The Kier molecular flexibility index (Phi) is 5.13. The topological polar surface area (TPSA) is 73.4 Å². The first-order valence-electron chi connectivity index (χ1n) is 5.97.